The zero-order valence-corrected chi connectivity index (χ0v) is 13.3. The van der Waals surface area contributed by atoms with Crippen LogP contribution in [-0.4, -0.2) is 10.7 Å². The van der Waals surface area contributed by atoms with E-state index in [-0.39, 0.29) is 5.78 Å². The van der Waals surface area contributed by atoms with Gasteiger partial charge >= 0.3 is 0 Å². The van der Waals surface area contributed by atoms with Gasteiger partial charge in [0.1, 0.15) is 0 Å². The molecule has 1 aliphatic carbocycles. The molecular formula is C20H16ClNO. The summed E-state index contributed by atoms with van der Waals surface area (Å²) in [6.07, 6.45) is 19.1. The largest absolute Gasteiger partial charge is 0.350 e. The predicted octanol–water partition coefficient (Wildman–Crippen LogP) is 4.73. The summed E-state index contributed by atoms with van der Waals surface area (Å²) in [4.78, 5) is 13.2. The molecular weight excluding hydrogens is 306 g/mol. The van der Waals surface area contributed by atoms with Crippen LogP contribution >= 0.6 is 11.6 Å². The molecule has 0 N–H and O–H groups in total. The Hall–Kier alpha value is -2.58. The van der Waals surface area contributed by atoms with Gasteiger partial charge in [-0.1, -0.05) is 48.0 Å². The maximum Gasteiger partial charge on any atom is 0.178 e. The molecule has 1 aromatic carbocycles. The number of ketones is 1. The zero-order chi connectivity index (χ0) is 16.1. The summed E-state index contributed by atoms with van der Waals surface area (Å²) < 4.78 is 0. The summed E-state index contributed by atoms with van der Waals surface area (Å²) in [5.74, 6) is 0.0325. The van der Waals surface area contributed by atoms with E-state index in [0.29, 0.717) is 0 Å². The molecule has 1 aliphatic heterocycles. The van der Waals surface area contributed by atoms with E-state index in [1.807, 2.05) is 48.6 Å². The number of allylic oxidation sites excluding steroid dienone is 10. The minimum Gasteiger partial charge on any atom is -0.350 e. The van der Waals surface area contributed by atoms with Crippen molar-refractivity contribution >= 4 is 17.4 Å². The summed E-state index contributed by atoms with van der Waals surface area (Å²) in [5.41, 5.74) is 3.34. The van der Waals surface area contributed by atoms with E-state index in [1.54, 1.807) is 12.2 Å². The molecule has 0 spiro atoms. The molecule has 0 bridgehead atoms. The number of hydrogen-bond donors (Lipinski definition) is 0. The highest BCUT2D eigenvalue weighted by molar-refractivity contribution is 6.30. The first kappa shape index (κ1) is 15.3. The Bertz CT molecular complexity index is 742. The summed E-state index contributed by atoms with van der Waals surface area (Å²) in [6, 6.07) is 7.87. The van der Waals surface area contributed by atoms with Crippen molar-refractivity contribution in [3.8, 4) is 0 Å². The molecule has 0 fully saturated rings. The Morgan fingerprint density at radius 1 is 0.826 bits per heavy atom. The van der Waals surface area contributed by atoms with E-state index >= 15 is 0 Å². The monoisotopic (exact) mass is 321 g/mol. The first-order chi connectivity index (χ1) is 11.2. The summed E-state index contributed by atoms with van der Waals surface area (Å²) >= 11 is 5.90. The third-order valence-electron chi connectivity index (χ3n) is 3.54. The fraction of sp³-hybridized carbons (Fsp3) is 0.0500. The number of carbonyl (C=O) groups is 1. The number of nitrogens with zero attached hydrogens (tertiary/aromatic N) is 1. The van der Waals surface area contributed by atoms with Gasteiger partial charge in [0, 0.05) is 24.0 Å². The molecule has 0 saturated carbocycles. The Balaban J connectivity index is 1.61. The summed E-state index contributed by atoms with van der Waals surface area (Å²) in [5, 5.41) is 0.754. The van der Waals surface area contributed by atoms with Gasteiger partial charge in [-0.05, 0) is 53.1 Å². The molecule has 2 aliphatic rings. The van der Waals surface area contributed by atoms with Crippen LogP contribution in [0.2, 0.25) is 5.02 Å². The molecule has 1 aromatic rings. The van der Waals surface area contributed by atoms with Crippen molar-refractivity contribution in [2.24, 2.45) is 0 Å². The standard InChI is InChI=1S/C20H16ClNO/c21-19-7-3-18(4-8-19)15-22-13-11-17(12-14-22)2-1-16-5-9-20(23)10-6-16/h1-14H,15H2. The summed E-state index contributed by atoms with van der Waals surface area (Å²) in [6.45, 7) is 0.812. The van der Waals surface area contributed by atoms with E-state index in [4.69, 9.17) is 11.6 Å². The van der Waals surface area contributed by atoms with Gasteiger partial charge in [0.05, 0.1) is 0 Å². The third kappa shape index (κ3) is 4.44. The van der Waals surface area contributed by atoms with Crippen LogP contribution in [0.1, 0.15) is 5.56 Å². The molecule has 0 amide bonds. The Morgan fingerprint density at radius 2 is 1.39 bits per heavy atom. The van der Waals surface area contributed by atoms with Crippen molar-refractivity contribution in [3.63, 3.8) is 0 Å². The lowest BCUT2D eigenvalue weighted by Crippen LogP contribution is -2.11. The van der Waals surface area contributed by atoms with Gasteiger partial charge in [0.2, 0.25) is 0 Å². The highest BCUT2D eigenvalue weighted by Crippen LogP contribution is 2.16. The van der Waals surface area contributed by atoms with Crippen molar-refractivity contribution in [1.82, 2.24) is 4.90 Å². The second-order valence-corrected chi connectivity index (χ2v) is 5.77. The molecule has 0 radical (unpaired) electrons. The van der Waals surface area contributed by atoms with Crippen LogP contribution in [-0.2, 0) is 11.3 Å². The molecule has 1 heterocycles. The van der Waals surface area contributed by atoms with Gasteiger partial charge in [0.25, 0.3) is 0 Å². The van der Waals surface area contributed by atoms with E-state index in [2.05, 4.69) is 29.5 Å². The lowest BCUT2D eigenvalue weighted by molar-refractivity contribution is -0.110. The maximum absolute atomic E-state index is 11.1. The van der Waals surface area contributed by atoms with Crippen molar-refractivity contribution in [3.05, 3.63) is 107 Å². The number of halogens is 1. The van der Waals surface area contributed by atoms with Crippen LogP contribution < -0.4 is 0 Å². The van der Waals surface area contributed by atoms with Crippen molar-refractivity contribution < 1.29 is 4.79 Å². The molecule has 3 heteroatoms. The fourth-order valence-electron chi connectivity index (χ4n) is 2.26. The Kier molecular flexibility index (Phi) is 4.74. The van der Waals surface area contributed by atoms with E-state index < -0.39 is 0 Å². The minimum atomic E-state index is 0.0325. The number of carbonyl (C=O) groups excluding carboxylic acids is 1. The van der Waals surface area contributed by atoms with Crippen LogP contribution in [0.4, 0.5) is 0 Å². The Labute approximate surface area is 141 Å². The SMILES string of the molecule is O=C1C=CC(=CC=C2C=CN(Cc3ccc(Cl)cc3)C=C2)C=C1. The minimum absolute atomic E-state index is 0.0325. The fourth-order valence-corrected chi connectivity index (χ4v) is 2.38. The van der Waals surface area contributed by atoms with Crippen LogP contribution in [0.3, 0.4) is 0 Å². The lowest BCUT2D eigenvalue weighted by atomic mass is 10.1. The molecule has 0 aromatic heterocycles. The van der Waals surface area contributed by atoms with Crippen molar-refractivity contribution in [1.29, 1.82) is 0 Å². The zero-order valence-electron chi connectivity index (χ0n) is 12.5. The molecule has 0 unspecified atom stereocenters. The smallest absolute Gasteiger partial charge is 0.178 e. The highest BCUT2D eigenvalue weighted by Gasteiger charge is 2.02. The first-order valence-corrected chi connectivity index (χ1v) is 7.75. The van der Waals surface area contributed by atoms with Crippen LogP contribution in [0.15, 0.2) is 96.4 Å². The quantitative estimate of drug-likeness (QED) is 0.802. The number of benzene rings is 1. The second-order valence-electron chi connectivity index (χ2n) is 5.33. The van der Waals surface area contributed by atoms with Crippen LogP contribution in [0.5, 0.6) is 0 Å². The number of hydrogen-bond acceptors (Lipinski definition) is 2. The van der Waals surface area contributed by atoms with Gasteiger partial charge in [-0.2, -0.15) is 0 Å². The van der Waals surface area contributed by atoms with Gasteiger partial charge in [0.15, 0.2) is 5.78 Å². The first-order valence-electron chi connectivity index (χ1n) is 7.38. The van der Waals surface area contributed by atoms with Crippen molar-refractivity contribution in [2.75, 3.05) is 0 Å². The van der Waals surface area contributed by atoms with E-state index in [9.17, 15) is 4.79 Å². The molecule has 114 valence electrons. The molecule has 0 atom stereocenters. The van der Waals surface area contributed by atoms with Gasteiger partial charge < -0.3 is 4.90 Å². The Morgan fingerprint density at radius 3 is 2.00 bits per heavy atom. The number of rotatable bonds is 3. The van der Waals surface area contributed by atoms with Crippen LogP contribution in [0.25, 0.3) is 0 Å². The normalized spacial score (nSPS) is 16.2. The van der Waals surface area contributed by atoms with Gasteiger partial charge in [-0.15, -0.1) is 0 Å². The van der Waals surface area contributed by atoms with Crippen molar-refractivity contribution in [2.45, 2.75) is 6.54 Å². The van der Waals surface area contributed by atoms with E-state index in [1.165, 1.54) is 5.56 Å². The molecule has 23 heavy (non-hydrogen) atoms. The second kappa shape index (κ2) is 7.12. The van der Waals surface area contributed by atoms with Gasteiger partial charge in [-0.25, -0.2) is 0 Å². The third-order valence-corrected chi connectivity index (χ3v) is 3.80. The maximum atomic E-state index is 11.1. The highest BCUT2D eigenvalue weighted by atomic mass is 35.5. The van der Waals surface area contributed by atoms with E-state index in [0.717, 1.165) is 22.7 Å². The molecule has 3 rings (SSSR count). The van der Waals surface area contributed by atoms with Crippen LogP contribution in [0, 0.1) is 0 Å². The summed E-state index contributed by atoms with van der Waals surface area (Å²) in [7, 11) is 0. The van der Waals surface area contributed by atoms with Gasteiger partial charge in [-0.3, -0.25) is 4.79 Å². The molecule has 2 nitrogen and oxygen atoms in total. The predicted molar refractivity (Wildman–Crippen MR) is 94.7 cm³/mol. The molecule has 0 saturated heterocycles. The topological polar surface area (TPSA) is 20.3 Å². The average molecular weight is 322 g/mol. The average Bonchev–Trinajstić information content (AvgIpc) is 2.58. The lowest BCUT2D eigenvalue weighted by Gasteiger charge is -2.18.